The van der Waals surface area contributed by atoms with Crippen molar-refractivity contribution in [1.29, 1.82) is 0 Å². The Morgan fingerprint density at radius 3 is 2.03 bits per heavy atom. The highest BCUT2D eigenvalue weighted by Gasteiger charge is 2.09. The Kier molecular flexibility index (Phi) is 19.0. The maximum atomic E-state index is 11.8. The Hall–Kier alpha value is -1.39. The van der Waals surface area contributed by atoms with E-state index in [1.165, 1.54) is 77.0 Å². The molecule has 0 fully saturated rings. The molecule has 0 aliphatic heterocycles. The van der Waals surface area contributed by atoms with E-state index in [4.69, 9.17) is 9.47 Å². The molecule has 1 aromatic rings. The molecule has 1 N–H and O–H groups in total. The predicted molar refractivity (Wildman–Crippen MR) is 137 cm³/mol. The van der Waals surface area contributed by atoms with Crippen molar-refractivity contribution < 1.29 is 19.4 Å². The van der Waals surface area contributed by atoms with Crippen molar-refractivity contribution in [3.63, 3.8) is 0 Å². The lowest BCUT2D eigenvalue weighted by Gasteiger charge is -2.12. The monoisotopic (exact) mass is 462 g/mol. The normalized spacial score (nSPS) is 13.1. The summed E-state index contributed by atoms with van der Waals surface area (Å²) < 4.78 is 10.6. The number of unbranched alkanes of at least 4 members (excludes halogenated alkanes) is 10. The Bertz CT molecular complexity index is 560. The van der Waals surface area contributed by atoms with E-state index in [0.29, 0.717) is 13.0 Å². The first-order valence-electron chi connectivity index (χ1n) is 13.6. The number of aliphatic hydroxyl groups is 1. The summed E-state index contributed by atoms with van der Waals surface area (Å²) in [4.78, 5) is 11.8. The third-order valence-corrected chi connectivity index (χ3v) is 6.24. The molecule has 2 atom stereocenters. The second-order valence-corrected chi connectivity index (χ2v) is 9.66. The van der Waals surface area contributed by atoms with E-state index in [1.807, 2.05) is 30.3 Å². The van der Waals surface area contributed by atoms with Crippen LogP contribution in [-0.4, -0.2) is 30.4 Å². The molecule has 0 saturated heterocycles. The van der Waals surface area contributed by atoms with Gasteiger partial charge in [-0.2, -0.15) is 0 Å². The molecule has 4 nitrogen and oxygen atoms in total. The zero-order valence-electron chi connectivity index (χ0n) is 21.4. The molecule has 0 spiro atoms. The lowest BCUT2D eigenvalue weighted by atomic mass is 9.96. The zero-order valence-corrected chi connectivity index (χ0v) is 21.4. The van der Waals surface area contributed by atoms with E-state index in [9.17, 15) is 9.90 Å². The average Bonchev–Trinajstić information content (AvgIpc) is 2.82. The predicted octanol–water partition coefficient (Wildman–Crippen LogP) is 7.61. The van der Waals surface area contributed by atoms with Crippen molar-refractivity contribution >= 4 is 5.97 Å². The Balaban J connectivity index is 1.85. The second-order valence-electron chi connectivity index (χ2n) is 9.66. The first-order chi connectivity index (χ1) is 16.1. The number of hydrogen-bond donors (Lipinski definition) is 1. The van der Waals surface area contributed by atoms with Gasteiger partial charge in [0.2, 0.25) is 0 Å². The SMILES string of the molecule is CCCCCCCC[C@@H](C)CCCCCCCCC(=O)OC[C@@H](O)COCc1ccccc1. The molecule has 190 valence electrons. The van der Waals surface area contributed by atoms with Gasteiger partial charge in [-0.1, -0.05) is 128 Å². The van der Waals surface area contributed by atoms with Gasteiger partial charge < -0.3 is 14.6 Å². The first-order valence-corrected chi connectivity index (χ1v) is 13.6. The van der Waals surface area contributed by atoms with Crippen LogP contribution in [0.1, 0.15) is 116 Å². The number of ether oxygens (including phenoxy) is 2. The molecule has 0 amide bonds. The number of aliphatic hydroxyl groups excluding tert-OH is 1. The van der Waals surface area contributed by atoms with E-state index in [0.717, 1.165) is 24.3 Å². The summed E-state index contributed by atoms with van der Waals surface area (Å²) in [6.07, 6.45) is 17.8. The molecule has 0 aromatic heterocycles. The smallest absolute Gasteiger partial charge is 0.305 e. The zero-order chi connectivity index (χ0) is 24.0. The highest BCUT2D eigenvalue weighted by atomic mass is 16.5. The van der Waals surface area contributed by atoms with Gasteiger partial charge in [-0.3, -0.25) is 4.79 Å². The molecule has 0 heterocycles. The third-order valence-electron chi connectivity index (χ3n) is 6.24. The Labute approximate surface area is 203 Å². The van der Waals surface area contributed by atoms with E-state index in [1.54, 1.807) is 0 Å². The second kappa shape index (κ2) is 21.2. The highest BCUT2D eigenvalue weighted by molar-refractivity contribution is 5.69. The van der Waals surface area contributed by atoms with Gasteiger partial charge in [0, 0.05) is 6.42 Å². The lowest BCUT2D eigenvalue weighted by molar-refractivity contribution is -0.148. The minimum atomic E-state index is -0.777. The van der Waals surface area contributed by atoms with Crippen LogP contribution in [0.3, 0.4) is 0 Å². The molecular formula is C29H50O4. The largest absolute Gasteiger partial charge is 0.463 e. The fraction of sp³-hybridized carbons (Fsp3) is 0.759. The van der Waals surface area contributed by atoms with Crippen molar-refractivity contribution in [2.45, 2.75) is 123 Å². The van der Waals surface area contributed by atoms with E-state index in [-0.39, 0.29) is 19.2 Å². The molecule has 0 radical (unpaired) electrons. The molecule has 4 heteroatoms. The summed E-state index contributed by atoms with van der Waals surface area (Å²) in [5.41, 5.74) is 1.06. The summed E-state index contributed by atoms with van der Waals surface area (Å²) in [5, 5.41) is 9.90. The lowest BCUT2D eigenvalue weighted by Crippen LogP contribution is -2.23. The summed E-state index contributed by atoms with van der Waals surface area (Å²) in [7, 11) is 0. The van der Waals surface area contributed by atoms with Gasteiger partial charge in [0.25, 0.3) is 0 Å². The van der Waals surface area contributed by atoms with Crippen molar-refractivity contribution in [2.24, 2.45) is 5.92 Å². The maximum absolute atomic E-state index is 11.8. The summed E-state index contributed by atoms with van der Waals surface area (Å²) in [6, 6.07) is 9.82. The van der Waals surface area contributed by atoms with E-state index < -0.39 is 6.10 Å². The van der Waals surface area contributed by atoms with Crippen LogP contribution in [0.25, 0.3) is 0 Å². The number of hydrogen-bond acceptors (Lipinski definition) is 4. The van der Waals surface area contributed by atoms with Crippen molar-refractivity contribution in [3.8, 4) is 0 Å². The summed E-state index contributed by atoms with van der Waals surface area (Å²) in [5.74, 6) is 0.644. The third kappa shape index (κ3) is 18.7. The molecule has 0 bridgehead atoms. The van der Waals surface area contributed by atoms with Gasteiger partial charge in [-0.25, -0.2) is 0 Å². The van der Waals surface area contributed by atoms with Crippen LogP contribution in [-0.2, 0) is 20.9 Å². The molecule has 33 heavy (non-hydrogen) atoms. The number of esters is 1. The van der Waals surface area contributed by atoms with Gasteiger partial charge in [0.05, 0.1) is 13.2 Å². The van der Waals surface area contributed by atoms with Crippen LogP contribution in [0.5, 0.6) is 0 Å². The number of benzene rings is 1. The fourth-order valence-corrected chi connectivity index (χ4v) is 4.08. The molecule has 0 aliphatic rings. The van der Waals surface area contributed by atoms with Gasteiger partial charge in [-0.15, -0.1) is 0 Å². The number of rotatable bonds is 22. The summed E-state index contributed by atoms with van der Waals surface area (Å²) >= 11 is 0. The average molecular weight is 463 g/mol. The standard InChI is InChI=1S/C29H50O4/c1-3-4-5-6-9-13-18-26(2)19-14-10-7-8-11-17-22-29(31)33-25-28(30)24-32-23-27-20-15-12-16-21-27/h12,15-16,20-21,26,28,30H,3-11,13-14,17-19,22-25H2,1-2H3/t26-,28+/m1/s1. The molecule has 0 aliphatic carbocycles. The minimum absolute atomic E-state index is 0.00451. The van der Waals surface area contributed by atoms with Crippen molar-refractivity contribution in [3.05, 3.63) is 35.9 Å². The Morgan fingerprint density at radius 1 is 0.818 bits per heavy atom. The van der Waals surface area contributed by atoms with Crippen LogP contribution in [0.15, 0.2) is 30.3 Å². The molecular weight excluding hydrogens is 412 g/mol. The van der Waals surface area contributed by atoms with Gasteiger partial charge in [-0.05, 0) is 17.9 Å². The quantitative estimate of drug-likeness (QED) is 0.142. The van der Waals surface area contributed by atoms with Crippen molar-refractivity contribution in [1.82, 2.24) is 0 Å². The van der Waals surface area contributed by atoms with Gasteiger partial charge in [0.15, 0.2) is 0 Å². The van der Waals surface area contributed by atoms with E-state index in [2.05, 4.69) is 13.8 Å². The maximum Gasteiger partial charge on any atom is 0.305 e. The van der Waals surface area contributed by atoms with Crippen LogP contribution in [0.4, 0.5) is 0 Å². The van der Waals surface area contributed by atoms with Crippen molar-refractivity contribution in [2.75, 3.05) is 13.2 Å². The van der Waals surface area contributed by atoms with E-state index >= 15 is 0 Å². The Morgan fingerprint density at radius 2 is 1.39 bits per heavy atom. The molecule has 1 rings (SSSR count). The first kappa shape index (κ1) is 29.6. The van der Waals surface area contributed by atoms with Crippen LogP contribution in [0, 0.1) is 5.92 Å². The van der Waals surface area contributed by atoms with Gasteiger partial charge >= 0.3 is 5.97 Å². The number of carbonyl (C=O) groups is 1. The fourth-order valence-electron chi connectivity index (χ4n) is 4.08. The molecule has 0 saturated carbocycles. The summed E-state index contributed by atoms with van der Waals surface area (Å²) in [6.45, 7) is 5.30. The minimum Gasteiger partial charge on any atom is -0.463 e. The van der Waals surface area contributed by atoms with Crippen LogP contribution in [0.2, 0.25) is 0 Å². The molecule has 1 aromatic carbocycles. The van der Waals surface area contributed by atoms with Crippen LogP contribution >= 0.6 is 0 Å². The molecule has 0 unspecified atom stereocenters. The topological polar surface area (TPSA) is 55.8 Å². The number of carbonyl (C=O) groups excluding carboxylic acids is 1. The van der Waals surface area contributed by atoms with Gasteiger partial charge in [0.1, 0.15) is 12.7 Å². The van der Waals surface area contributed by atoms with Crippen LogP contribution < -0.4 is 0 Å². The highest BCUT2D eigenvalue weighted by Crippen LogP contribution is 2.18.